The van der Waals surface area contributed by atoms with Crippen LogP contribution in [-0.4, -0.2) is 55.1 Å². The van der Waals surface area contributed by atoms with Gasteiger partial charge in [0.25, 0.3) is 0 Å². The van der Waals surface area contributed by atoms with Crippen molar-refractivity contribution in [2.24, 2.45) is 0 Å². The molecule has 17 heavy (non-hydrogen) atoms. The number of amides is 2. The van der Waals surface area contributed by atoms with E-state index in [0.717, 1.165) is 19.4 Å². The van der Waals surface area contributed by atoms with E-state index in [-0.39, 0.29) is 6.03 Å². The molecule has 0 saturated carbocycles. The number of hydrogen-bond donors (Lipinski definition) is 1. The summed E-state index contributed by atoms with van der Waals surface area (Å²) in [6, 6.07) is 0.887. The molecule has 4 nitrogen and oxygen atoms in total. The molecule has 2 unspecified atom stereocenters. The molecule has 0 radical (unpaired) electrons. The van der Waals surface area contributed by atoms with Gasteiger partial charge in [0.1, 0.15) is 0 Å². The van der Waals surface area contributed by atoms with Crippen molar-refractivity contribution >= 4 is 6.03 Å². The van der Waals surface area contributed by atoms with E-state index < -0.39 is 0 Å². The van der Waals surface area contributed by atoms with Crippen molar-refractivity contribution in [2.75, 3.05) is 27.2 Å². The Morgan fingerprint density at radius 2 is 1.65 bits per heavy atom. The molecule has 0 aliphatic rings. The molecule has 102 valence electrons. The second kappa shape index (κ2) is 8.34. The Kier molecular flexibility index (Phi) is 7.96. The fourth-order valence-electron chi connectivity index (χ4n) is 1.47. The Morgan fingerprint density at radius 1 is 1.12 bits per heavy atom. The molecule has 0 spiro atoms. The lowest BCUT2D eigenvalue weighted by atomic mass is 10.2. The third-order valence-electron chi connectivity index (χ3n) is 3.66. The first kappa shape index (κ1) is 16.2. The third-order valence-corrected chi connectivity index (χ3v) is 3.66. The van der Waals surface area contributed by atoms with E-state index >= 15 is 0 Å². The van der Waals surface area contributed by atoms with Gasteiger partial charge in [0, 0.05) is 32.2 Å². The molecule has 0 aliphatic heterocycles. The van der Waals surface area contributed by atoms with Gasteiger partial charge in [-0.3, -0.25) is 0 Å². The van der Waals surface area contributed by atoms with E-state index in [1.807, 2.05) is 7.05 Å². The number of rotatable bonds is 7. The van der Waals surface area contributed by atoms with Crippen molar-refractivity contribution in [3.8, 4) is 0 Å². The quantitative estimate of drug-likeness (QED) is 0.744. The topological polar surface area (TPSA) is 35.6 Å². The van der Waals surface area contributed by atoms with Crippen LogP contribution in [-0.2, 0) is 0 Å². The molecular formula is C13H29N3O. The van der Waals surface area contributed by atoms with Gasteiger partial charge in [-0.25, -0.2) is 4.79 Å². The van der Waals surface area contributed by atoms with Crippen LogP contribution < -0.4 is 5.32 Å². The predicted molar refractivity (Wildman–Crippen MR) is 73.3 cm³/mol. The normalized spacial score (nSPS) is 14.5. The number of urea groups is 1. The molecule has 0 aliphatic carbocycles. The van der Waals surface area contributed by atoms with Crippen molar-refractivity contribution < 1.29 is 4.79 Å². The smallest absolute Gasteiger partial charge is 0.317 e. The Bertz CT molecular complexity index is 221. The van der Waals surface area contributed by atoms with Crippen LogP contribution in [0.3, 0.4) is 0 Å². The van der Waals surface area contributed by atoms with E-state index in [0.29, 0.717) is 18.6 Å². The predicted octanol–water partition coefficient (Wildman–Crippen LogP) is 2.16. The first-order chi connectivity index (χ1) is 7.93. The summed E-state index contributed by atoms with van der Waals surface area (Å²) in [5.41, 5.74) is 0. The maximum absolute atomic E-state index is 11.8. The number of likely N-dealkylation sites (N-methyl/N-ethyl adjacent to an activating group) is 1. The Labute approximate surface area is 106 Å². The van der Waals surface area contributed by atoms with Gasteiger partial charge in [-0.05, 0) is 33.7 Å². The summed E-state index contributed by atoms with van der Waals surface area (Å²) in [4.78, 5) is 15.8. The fraction of sp³-hybridized carbons (Fsp3) is 0.923. The lowest BCUT2D eigenvalue weighted by Crippen LogP contribution is -2.45. The SMILES string of the molecule is CCC(C)N(C)CCNC(=O)N(C)C(C)CC. The van der Waals surface area contributed by atoms with Crippen LogP contribution in [0.1, 0.15) is 40.5 Å². The number of hydrogen-bond acceptors (Lipinski definition) is 2. The Hall–Kier alpha value is -0.770. The molecule has 0 heterocycles. The largest absolute Gasteiger partial charge is 0.337 e. The summed E-state index contributed by atoms with van der Waals surface area (Å²) in [5, 5.41) is 2.95. The molecule has 0 fully saturated rings. The number of carbonyl (C=O) groups is 1. The highest BCUT2D eigenvalue weighted by atomic mass is 16.2. The first-order valence-electron chi connectivity index (χ1n) is 6.64. The van der Waals surface area contributed by atoms with E-state index in [2.05, 4.69) is 45.0 Å². The zero-order valence-electron chi connectivity index (χ0n) is 12.3. The van der Waals surface area contributed by atoms with Crippen molar-refractivity contribution in [3.63, 3.8) is 0 Å². The summed E-state index contributed by atoms with van der Waals surface area (Å²) in [6.45, 7) is 10.1. The van der Waals surface area contributed by atoms with E-state index in [1.165, 1.54) is 0 Å². The molecule has 0 saturated heterocycles. The highest BCUT2D eigenvalue weighted by Gasteiger charge is 2.13. The Morgan fingerprint density at radius 3 is 2.12 bits per heavy atom. The van der Waals surface area contributed by atoms with Gasteiger partial charge >= 0.3 is 6.03 Å². The average Bonchev–Trinajstić information content (AvgIpc) is 2.35. The summed E-state index contributed by atoms with van der Waals surface area (Å²) in [5.74, 6) is 0. The number of nitrogens with zero attached hydrogens (tertiary/aromatic N) is 2. The maximum Gasteiger partial charge on any atom is 0.317 e. The molecule has 4 heteroatoms. The standard InChI is InChI=1S/C13H29N3O/c1-7-11(3)15(5)10-9-14-13(17)16(6)12(4)8-2/h11-12H,7-10H2,1-6H3,(H,14,17). The van der Waals surface area contributed by atoms with Crippen LogP contribution in [0.15, 0.2) is 0 Å². The molecule has 2 atom stereocenters. The van der Waals surface area contributed by atoms with Gasteiger partial charge in [0.2, 0.25) is 0 Å². The first-order valence-corrected chi connectivity index (χ1v) is 6.64. The van der Waals surface area contributed by atoms with Crippen LogP contribution >= 0.6 is 0 Å². The van der Waals surface area contributed by atoms with Gasteiger partial charge in [0.15, 0.2) is 0 Å². The van der Waals surface area contributed by atoms with Crippen molar-refractivity contribution in [1.82, 2.24) is 15.1 Å². The van der Waals surface area contributed by atoms with Crippen LogP contribution in [0.4, 0.5) is 4.79 Å². The molecule has 0 bridgehead atoms. The molecular weight excluding hydrogens is 214 g/mol. The van der Waals surface area contributed by atoms with Gasteiger partial charge in [-0.15, -0.1) is 0 Å². The van der Waals surface area contributed by atoms with Crippen molar-refractivity contribution in [1.29, 1.82) is 0 Å². The zero-order chi connectivity index (χ0) is 13.4. The summed E-state index contributed by atoms with van der Waals surface area (Å²) in [7, 11) is 3.95. The lowest BCUT2D eigenvalue weighted by Gasteiger charge is -2.26. The van der Waals surface area contributed by atoms with Gasteiger partial charge in [-0.1, -0.05) is 13.8 Å². The second-order valence-corrected chi connectivity index (χ2v) is 4.84. The van der Waals surface area contributed by atoms with Crippen LogP contribution in [0, 0.1) is 0 Å². The lowest BCUT2D eigenvalue weighted by molar-refractivity contribution is 0.188. The summed E-state index contributed by atoms with van der Waals surface area (Å²) in [6.07, 6.45) is 2.12. The molecule has 1 N–H and O–H groups in total. The second-order valence-electron chi connectivity index (χ2n) is 4.84. The zero-order valence-corrected chi connectivity index (χ0v) is 12.3. The highest BCUT2D eigenvalue weighted by Crippen LogP contribution is 2.01. The van der Waals surface area contributed by atoms with Gasteiger partial charge in [0.05, 0.1) is 0 Å². The van der Waals surface area contributed by atoms with Gasteiger partial charge < -0.3 is 15.1 Å². The van der Waals surface area contributed by atoms with E-state index in [1.54, 1.807) is 4.90 Å². The Balaban J connectivity index is 3.85. The molecule has 0 aromatic heterocycles. The van der Waals surface area contributed by atoms with Crippen LogP contribution in [0.5, 0.6) is 0 Å². The highest BCUT2D eigenvalue weighted by molar-refractivity contribution is 5.74. The summed E-state index contributed by atoms with van der Waals surface area (Å²) >= 11 is 0. The van der Waals surface area contributed by atoms with Crippen LogP contribution in [0.25, 0.3) is 0 Å². The van der Waals surface area contributed by atoms with Crippen LogP contribution in [0.2, 0.25) is 0 Å². The fourth-order valence-corrected chi connectivity index (χ4v) is 1.47. The monoisotopic (exact) mass is 243 g/mol. The summed E-state index contributed by atoms with van der Waals surface area (Å²) < 4.78 is 0. The molecule has 0 aromatic carbocycles. The number of carbonyl (C=O) groups excluding carboxylic acids is 1. The molecule has 2 amide bonds. The maximum atomic E-state index is 11.8. The van der Waals surface area contributed by atoms with Crippen molar-refractivity contribution in [3.05, 3.63) is 0 Å². The van der Waals surface area contributed by atoms with E-state index in [4.69, 9.17) is 0 Å². The minimum atomic E-state index is 0.0249. The third kappa shape index (κ3) is 5.91. The minimum absolute atomic E-state index is 0.0249. The average molecular weight is 243 g/mol. The van der Waals surface area contributed by atoms with Gasteiger partial charge in [-0.2, -0.15) is 0 Å². The van der Waals surface area contributed by atoms with E-state index in [9.17, 15) is 4.79 Å². The van der Waals surface area contributed by atoms with Crippen molar-refractivity contribution in [2.45, 2.75) is 52.6 Å². The number of nitrogens with one attached hydrogen (secondary N) is 1. The molecule has 0 aromatic rings. The molecule has 0 rings (SSSR count). The minimum Gasteiger partial charge on any atom is -0.337 e.